The lowest BCUT2D eigenvalue weighted by molar-refractivity contribution is 0.0480. The van der Waals surface area contributed by atoms with Gasteiger partial charge >= 0.3 is 5.97 Å². The van der Waals surface area contributed by atoms with Gasteiger partial charge in [0.25, 0.3) is 0 Å². The molecule has 0 saturated carbocycles. The quantitative estimate of drug-likeness (QED) is 0.204. The molecule has 4 nitrogen and oxygen atoms in total. The van der Waals surface area contributed by atoms with Crippen LogP contribution in [0.25, 0.3) is 0 Å². The van der Waals surface area contributed by atoms with Crippen LogP contribution in [0.15, 0.2) is 103 Å². The van der Waals surface area contributed by atoms with Crippen LogP contribution < -0.4 is 9.64 Å². The Morgan fingerprint density at radius 3 is 1.90 bits per heavy atom. The summed E-state index contributed by atoms with van der Waals surface area (Å²) in [6.07, 6.45) is 0.715. The molecular formula is C36H27NO3. The lowest BCUT2D eigenvalue weighted by Crippen LogP contribution is -2.40. The summed E-state index contributed by atoms with van der Waals surface area (Å²) in [5, 5.41) is 0. The van der Waals surface area contributed by atoms with Crippen molar-refractivity contribution in [3.05, 3.63) is 148 Å². The number of fused-ring (bicyclic) bond motifs is 9. The number of hydrogen-bond acceptors (Lipinski definition) is 4. The highest BCUT2D eigenvalue weighted by molar-refractivity contribution is 5.95. The molecule has 1 spiro atoms. The maximum absolute atomic E-state index is 12.4. The van der Waals surface area contributed by atoms with E-state index in [1.54, 1.807) is 0 Å². The third kappa shape index (κ3) is 3.05. The summed E-state index contributed by atoms with van der Waals surface area (Å²) in [5.74, 6) is 1.51. The number of nitrogens with zero attached hydrogens (tertiary/aromatic N) is 1. The lowest BCUT2D eigenvalue weighted by Gasteiger charge is -2.49. The number of rotatable bonds is 1. The molecule has 0 amide bonds. The average molecular weight is 522 g/mol. The van der Waals surface area contributed by atoms with Gasteiger partial charge in [0.1, 0.15) is 11.5 Å². The first-order valence-corrected chi connectivity index (χ1v) is 13.7. The number of cyclic esters (lactones) is 1. The van der Waals surface area contributed by atoms with Crippen LogP contribution in [0.4, 0.5) is 17.1 Å². The summed E-state index contributed by atoms with van der Waals surface area (Å²) in [5.41, 5.74) is 11.5. The topological polar surface area (TPSA) is 38.8 Å². The highest BCUT2D eigenvalue weighted by Crippen LogP contribution is 2.62. The summed E-state index contributed by atoms with van der Waals surface area (Å²) in [6.45, 7) is 4.73. The maximum Gasteiger partial charge on any atom is 0.338 e. The van der Waals surface area contributed by atoms with E-state index in [1.165, 1.54) is 22.3 Å². The van der Waals surface area contributed by atoms with E-state index < -0.39 is 5.41 Å². The number of carbonyl (C=O) groups excluding carboxylic acids is 1. The minimum Gasteiger partial charge on any atom is -0.462 e. The Kier molecular flexibility index (Phi) is 4.81. The van der Waals surface area contributed by atoms with Crippen molar-refractivity contribution in [1.82, 2.24) is 0 Å². The second kappa shape index (κ2) is 8.33. The van der Waals surface area contributed by atoms with Gasteiger partial charge in [-0.2, -0.15) is 0 Å². The summed E-state index contributed by atoms with van der Waals surface area (Å²) < 4.78 is 11.8. The predicted octanol–water partition coefficient (Wildman–Crippen LogP) is 8.29. The van der Waals surface area contributed by atoms with Gasteiger partial charge < -0.3 is 14.4 Å². The molecule has 3 heterocycles. The number of aryl methyl sites for hydroxylation is 2. The SMILES string of the molecule is Cc1ccc2c(c1)C1(c3ccccc3Oc3ccccc31)c1cc(C)ccc1N2c1ccc2c(c1)CCOC2=O. The fourth-order valence-electron chi connectivity index (χ4n) is 6.87. The summed E-state index contributed by atoms with van der Waals surface area (Å²) in [6, 6.07) is 36.5. The van der Waals surface area contributed by atoms with Gasteiger partial charge in [-0.05, 0) is 73.0 Å². The molecule has 40 heavy (non-hydrogen) atoms. The fraction of sp³-hybridized carbons (Fsp3) is 0.139. The zero-order valence-corrected chi connectivity index (χ0v) is 22.4. The first kappa shape index (κ1) is 23.1. The van der Waals surface area contributed by atoms with E-state index in [2.05, 4.69) is 97.6 Å². The molecule has 194 valence electrons. The smallest absolute Gasteiger partial charge is 0.338 e. The first-order chi connectivity index (χ1) is 19.6. The third-order valence-corrected chi connectivity index (χ3v) is 8.57. The molecule has 0 N–H and O–H groups in total. The van der Waals surface area contributed by atoms with Crippen LogP contribution in [0, 0.1) is 13.8 Å². The van der Waals surface area contributed by atoms with Gasteiger partial charge in [0.15, 0.2) is 0 Å². The second-order valence-corrected chi connectivity index (χ2v) is 10.9. The van der Waals surface area contributed by atoms with Crippen molar-refractivity contribution in [2.75, 3.05) is 11.5 Å². The van der Waals surface area contributed by atoms with E-state index in [9.17, 15) is 4.79 Å². The lowest BCUT2D eigenvalue weighted by atomic mass is 9.61. The van der Waals surface area contributed by atoms with E-state index in [-0.39, 0.29) is 5.97 Å². The number of benzene rings is 5. The van der Waals surface area contributed by atoms with Gasteiger partial charge in [-0.15, -0.1) is 0 Å². The van der Waals surface area contributed by atoms with E-state index in [0.29, 0.717) is 18.6 Å². The van der Waals surface area contributed by atoms with Crippen LogP contribution in [0.3, 0.4) is 0 Å². The van der Waals surface area contributed by atoms with Crippen LogP contribution in [-0.2, 0) is 16.6 Å². The normalized spacial score (nSPS) is 15.7. The van der Waals surface area contributed by atoms with Crippen molar-refractivity contribution in [2.24, 2.45) is 0 Å². The van der Waals surface area contributed by atoms with Crippen molar-refractivity contribution in [1.29, 1.82) is 0 Å². The molecule has 0 atom stereocenters. The second-order valence-electron chi connectivity index (χ2n) is 10.9. The van der Waals surface area contributed by atoms with Gasteiger partial charge in [0.2, 0.25) is 0 Å². The number of carbonyl (C=O) groups is 1. The minimum atomic E-state index is -0.567. The van der Waals surface area contributed by atoms with Crippen molar-refractivity contribution in [3.63, 3.8) is 0 Å². The molecule has 8 rings (SSSR count). The van der Waals surface area contributed by atoms with Crippen molar-refractivity contribution in [2.45, 2.75) is 25.7 Å². The van der Waals surface area contributed by atoms with Crippen LogP contribution in [0.1, 0.15) is 49.3 Å². The molecule has 0 aromatic heterocycles. The number of para-hydroxylation sites is 2. The standard InChI is InChI=1S/C36H27NO3/c1-22-11-15-31-29(19-22)36(27-7-3-5-9-33(27)40-34-10-6-4-8-28(34)36)30-20-23(2)12-16-32(30)37(31)25-13-14-26-24(21-25)17-18-39-35(26)38/h3-16,19-21H,17-18H2,1-2H3. The molecule has 5 aromatic rings. The molecular weight excluding hydrogens is 494 g/mol. The van der Waals surface area contributed by atoms with Gasteiger partial charge in [-0.3, -0.25) is 0 Å². The molecule has 0 saturated heterocycles. The van der Waals surface area contributed by atoms with E-state index in [1.807, 2.05) is 24.3 Å². The Morgan fingerprint density at radius 2 is 1.27 bits per heavy atom. The molecule has 4 heteroatoms. The Labute approximate surface area is 233 Å². The van der Waals surface area contributed by atoms with E-state index >= 15 is 0 Å². The van der Waals surface area contributed by atoms with E-state index in [0.717, 1.165) is 45.3 Å². The minimum absolute atomic E-state index is 0.243. The van der Waals surface area contributed by atoms with Gasteiger partial charge in [0.05, 0.1) is 29.0 Å². The summed E-state index contributed by atoms with van der Waals surface area (Å²) in [7, 11) is 0. The Balaban J connectivity index is 1.50. The summed E-state index contributed by atoms with van der Waals surface area (Å²) >= 11 is 0. The van der Waals surface area contributed by atoms with Gasteiger partial charge in [0, 0.05) is 23.2 Å². The molecule has 0 unspecified atom stereocenters. The monoisotopic (exact) mass is 521 g/mol. The molecule has 0 radical (unpaired) electrons. The van der Waals surface area contributed by atoms with Gasteiger partial charge in [-0.1, -0.05) is 71.8 Å². The van der Waals surface area contributed by atoms with Crippen molar-refractivity contribution >= 4 is 23.0 Å². The number of ether oxygens (including phenoxy) is 2. The average Bonchev–Trinajstić information content (AvgIpc) is 2.97. The Hall–Kier alpha value is -4.83. The number of hydrogen-bond donors (Lipinski definition) is 0. The fourth-order valence-corrected chi connectivity index (χ4v) is 6.87. The zero-order chi connectivity index (χ0) is 27.0. The maximum atomic E-state index is 12.4. The van der Waals surface area contributed by atoms with E-state index in [4.69, 9.17) is 9.47 Å². The molecule has 0 bridgehead atoms. The highest BCUT2D eigenvalue weighted by atomic mass is 16.5. The predicted molar refractivity (Wildman–Crippen MR) is 157 cm³/mol. The molecule has 0 aliphatic carbocycles. The molecule has 0 fully saturated rings. The molecule has 3 aliphatic heterocycles. The first-order valence-electron chi connectivity index (χ1n) is 13.7. The van der Waals surface area contributed by atoms with Crippen LogP contribution in [-0.4, -0.2) is 12.6 Å². The van der Waals surface area contributed by atoms with Crippen LogP contribution in [0.2, 0.25) is 0 Å². The van der Waals surface area contributed by atoms with Crippen molar-refractivity contribution in [3.8, 4) is 11.5 Å². The molecule has 5 aromatic carbocycles. The third-order valence-electron chi connectivity index (χ3n) is 8.57. The van der Waals surface area contributed by atoms with Crippen LogP contribution in [0.5, 0.6) is 11.5 Å². The highest BCUT2D eigenvalue weighted by Gasteiger charge is 2.51. The van der Waals surface area contributed by atoms with Gasteiger partial charge in [-0.25, -0.2) is 4.79 Å². The summed E-state index contributed by atoms with van der Waals surface area (Å²) in [4.78, 5) is 14.8. The number of anilines is 3. The largest absolute Gasteiger partial charge is 0.462 e. The number of esters is 1. The zero-order valence-electron chi connectivity index (χ0n) is 22.4. The van der Waals surface area contributed by atoms with Crippen LogP contribution >= 0.6 is 0 Å². The Bertz CT molecular complexity index is 1770. The van der Waals surface area contributed by atoms with Crippen molar-refractivity contribution < 1.29 is 14.3 Å². The Morgan fingerprint density at radius 1 is 0.675 bits per heavy atom. The molecule has 3 aliphatic rings.